The van der Waals surface area contributed by atoms with Gasteiger partial charge >= 0.3 is 0 Å². The van der Waals surface area contributed by atoms with Gasteiger partial charge in [0.1, 0.15) is 0 Å². The third-order valence-corrected chi connectivity index (χ3v) is 0.516. The van der Waals surface area contributed by atoms with Gasteiger partial charge in [0.2, 0.25) is 5.91 Å². The van der Waals surface area contributed by atoms with Crippen LogP contribution in [0.4, 0.5) is 0 Å². The molecule has 0 aromatic carbocycles. The molecule has 0 rings (SSSR count). The molecule has 0 aromatic rings. The van der Waals surface area contributed by atoms with E-state index in [1.165, 1.54) is 6.19 Å². The van der Waals surface area contributed by atoms with Crippen LogP contribution in [0.15, 0.2) is 0 Å². The quantitative estimate of drug-likeness (QED) is 0.292. The van der Waals surface area contributed by atoms with Crippen molar-refractivity contribution in [2.45, 2.75) is 13.3 Å². The molecule has 39 valence electrons. The van der Waals surface area contributed by atoms with Crippen molar-refractivity contribution in [3.05, 3.63) is 0 Å². The molecular weight excluding hydrogens is 115 g/mol. The first-order valence-electron chi connectivity index (χ1n) is 1.99. The molecule has 1 radical (unpaired) electrons. The Kier molecular flexibility index (Phi) is 9.44. The fourth-order valence-corrected chi connectivity index (χ4v) is 0.151. The fourth-order valence-electron chi connectivity index (χ4n) is 0.151. The zero-order chi connectivity index (χ0) is 5.70. The molecule has 0 bridgehead atoms. The number of nitrogens with one attached hydrogen (secondary N) is 1. The van der Waals surface area contributed by atoms with Gasteiger partial charge in [-0.1, -0.05) is 6.92 Å². The summed E-state index contributed by atoms with van der Waals surface area (Å²) in [5.74, 6) is -0.234. The van der Waals surface area contributed by atoms with Crippen LogP contribution in [-0.4, -0.2) is 35.5 Å². The van der Waals surface area contributed by atoms with Crippen molar-refractivity contribution in [1.29, 1.82) is 5.26 Å². The number of amides is 1. The Morgan fingerprint density at radius 1 is 1.88 bits per heavy atom. The molecule has 1 amide bonds. The summed E-state index contributed by atoms with van der Waals surface area (Å²) in [6.45, 7) is 1.69. The Labute approximate surface area is 70.4 Å². The predicted molar refractivity (Wildman–Crippen MR) is 29.8 cm³/mol. The van der Waals surface area contributed by atoms with Crippen LogP contribution in [0.2, 0.25) is 0 Å². The van der Waals surface area contributed by atoms with Crippen molar-refractivity contribution in [3.8, 4) is 6.19 Å². The van der Waals surface area contributed by atoms with Crippen molar-refractivity contribution in [3.63, 3.8) is 0 Å². The standard InChI is InChI=1S/C4H6N2O.Na/c1-2-4(7)6-3-5;/h2H2,1H3,(H,6,7);. The van der Waals surface area contributed by atoms with Gasteiger partial charge in [-0.15, -0.1) is 0 Å². The first kappa shape index (κ1) is 10.9. The number of carbonyl (C=O) groups excluding carboxylic acids is 1. The zero-order valence-electron chi connectivity index (χ0n) is 5.06. The minimum absolute atomic E-state index is 0. The molecule has 0 aromatic heterocycles. The number of nitrogens with zero attached hydrogens (tertiary/aromatic N) is 1. The third kappa shape index (κ3) is 5.96. The molecule has 0 aliphatic carbocycles. The first-order valence-corrected chi connectivity index (χ1v) is 1.99. The minimum Gasteiger partial charge on any atom is -0.274 e. The SMILES string of the molecule is CCC(=O)NC#N.[Na]. The van der Waals surface area contributed by atoms with Crippen LogP contribution in [0.1, 0.15) is 13.3 Å². The number of carbonyl (C=O) groups is 1. The van der Waals surface area contributed by atoms with Crippen molar-refractivity contribution in [1.82, 2.24) is 5.32 Å². The second kappa shape index (κ2) is 6.96. The average Bonchev–Trinajstić information content (AvgIpc) is 1.68. The van der Waals surface area contributed by atoms with Crippen LogP contribution in [0.3, 0.4) is 0 Å². The van der Waals surface area contributed by atoms with Crippen molar-refractivity contribution < 1.29 is 4.79 Å². The molecule has 0 aliphatic rings. The average molecular weight is 121 g/mol. The number of rotatable bonds is 1. The molecule has 0 aliphatic heterocycles. The minimum atomic E-state index is -0.234. The van der Waals surface area contributed by atoms with E-state index in [0.717, 1.165) is 0 Å². The van der Waals surface area contributed by atoms with E-state index in [9.17, 15) is 4.79 Å². The Balaban J connectivity index is 0. The Bertz CT molecular complexity index is 107. The van der Waals surface area contributed by atoms with Crippen molar-refractivity contribution in [2.24, 2.45) is 0 Å². The summed E-state index contributed by atoms with van der Waals surface area (Å²) in [5.41, 5.74) is 0. The van der Waals surface area contributed by atoms with E-state index in [0.29, 0.717) is 6.42 Å². The van der Waals surface area contributed by atoms with Crippen molar-refractivity contribution in [2.75, 3.05) is 0 Å². The summed E-state index contributed by atoms with van der Waals surface area (Å²) in [6, 6.07) is 0. The third-order valence-electron chi connectivity index (χ3n) is 0.516. The molecule has 0 unspecified atom stereocenters. The number of hydrogen-bond donors (Lipinski definition) is 1. The first-order chi connectivity index (χ1) is 3.31. The molecule has 3 nitrogen and oxygen atoms in total. The number of nitriles is 1. The van der Waals surface area contributed by atoms with Gasteiger partial charge in [0.15, 0.2) is 6.19 Å². The van der Waals surface area contributed by atoms with Gasteiger partial charge in [-0.05, 0) is 0 Å². The van der Waals surface area contributed by atoms with Gasteiger partial charge in [0.25, 0.3) is 0 Å². The summed E-state index contributed by atoms with van der Waals surface area (Å²) in [6.07, 6.45) is 1.89. The molecule has 0 spiro atoms. The second-order valence-corrected chi connectivity index (χ2v) is 1.01. The van der Waals surface area contributed by atoms with E-state index >= 15 is 0 Å². The summed E-state index contributed by atoms with van der Waals surface area (Å²) in [5, 5.41) is 9.75. The van der Waals surface area contributed by atoms with E-state index < -0.39 is 0 Å². The van der Waals surface area contributed by atoms with Gasteiger partial charge in [-0.3, -0.25) is 10.1 Å². The van der Waals surface area contributed by atoms with Crippen molar-refractivity contribution >= 4 is 35.5 Å². The molecule has 0 atom stereocenters. The van der Waals surface area contributed by atoms with Gasteiger partial charge < -0.3 is 0 Å². The number of hydrogen-bond acceptors (Lipinski definition) is 2. The maximum Gasteiger partial charge on any atom is 0.232 e. The molecule has 4 heteroatoms. The largest absolute Gasteiger partial charge is 0.274 e. The molecule has 8 heavy (non-hydrogen) atoms. The topological polar surface area (TPSA) is 52.9 Å². The Morgan fingerprint density at radius 2 is 2.38 bits per heavy atom. The van der Waals surface area contributed by atoms with Gasteiger partial charge in [-0.2, -0.15) is 5.26 Å². The van der Waals surface area contributed by atoms with E-state index in [-0.39, 0.29) is 35.5 Å². The van der Waals surface area contributed by atoms with E-state index in [1.807, 2.05) is 5.32 Å². The summed E-state index contributed by atoms with van der Waals surface area (Å²) < 4.78 is 0. The van der Waals surface area contributed by atoms with Crippen LogP contribution in [0, 0.1) is 11.5 Å². The van der Waals surface area contributed by atoms with Gasteiger partial charge in [0.05, 0.1) is 0 Å². The fraction of sp³-hybridized carbons (Fsp3) is 0.500. The Morgan fingerprint density at radius 3 is 2.50 bits per heavy atom. The van der Waals surface area contributed by atoms with Crippen LogP contribution >= 0.6 is 0 Å². The zero-order valence-corrected chi connectivity index (χ0v) is 7.06. The van der Waals surface area contributed by atoms with Gasteiger partial charge in [-0.25, -0.2) is 0 Å². The maximum atomic E-state index is 10.1. The molecule has 0 fully saturated rings. The molecule has 0 heterocycles. The molecule has 0 saturated heterocycles. The summed E-state index contributed by atoms with van der Waals surface area (Å²) in [4.78, 5) is 10.1. The van der Waals surface area contributed by atoms with E-state index in [1.54, 1.807) is 6.92 Å². The summed E-state index contributed by atoms with van der Waals surface area (Å²) >= 11 is 0. The van der Waals surface area contributed by atoms with Crippen LogP contribution in [0.25, 0.3) is 0 Å². The maximum absolute atomic E-state index is 10.1. The smallest absolute Gasteiger partial charge is 0.232 e. The normalized spacial score (nSPS) is 6.00. The molecular formula is C4H6N2NaO. The Hall–Kier alpha value is -0.0400. The predicted octanol–water partition coefficient (Wildman–Crippen LogP) is -0.387. The van der Waals surface area contributed by atoms with Crippen LogP contribution < -0.4 is 5.32 Å². The van der Waals surface area contributed by atoms with E-state index in [2.05, 4.69) is 0 Å². The van der Waals surface area contributed by atoms with Crippen LogP contribution in [0.5, 0.6) is 0 Å². The second-order valence-electron chi connectivity index (χ2n) is 1.01. The van der Waals surface area contributed by atoms with Gasteiger partial charge in [0, 0.05) is 36.0 Å². The molecule has 0 saturated carbocycles. The monoisotopic (exact) mass is 121 g/mol. The van der Waals surface area contributed by atoms with Crippen LogP contribution in [-0.2, 0) is 4.79 Å². The molecule has 1 N–H and O–H groups in total. The summed E-state index contributed by atoms with van der Waals surface area (Å²) in [7, 11) is 0. The van der Waals surface area contributed by atoms with E-state index in [4.69, 9.17) is 5.26 Å².